The van der Waals surface area contributed by atoms with Gasteiger partial charge in [0.25, 0.3) is 11.8 Å². The summed E-state index contributed by atoms with van der Waals surface area (Å²) in [6.45, 7) is 1.85. The third-order valence-corrected chi connectivity index (χ3v) is 5.19. The summed E-state index contributed by atoms with van der Waals surface area (Å²) < 4.78 is 0. The van der Waals surface area contributed by atoms with Crippen molar-refractivity contribution in [2.45, 2.75) is 12.3 Å². The Balaban J connectivity index is 2.30. The van der Waals surface area contributed by atoms with Gasteiger partial charge in [-0.25, -0.2) is 11.0 Å². The molecule has 0 aromatic heterocycles. The van der Waals surface area contributed by atoms with Gasteiger partial charge in [-0.2, -0.15) is 0 Å². The highest BCUT2D eigenvalue weighted by molar-refractivity contribution is 5.97. The summed E-state index contributed by atoms with van der Waals surface area (Å²) in [6.07, 6.45) is 0. The molecule has 0 aliphatic heterocycles. The van der Waals surface area contributed by atoms with Gasteiger partial charge in [0.1, 0.15) is 11.5 Å². The van der Waals surface area contributed by atoms with Crippen molar-refractivity contribution in [2.24, 2.45) is 0 Å². The first-order valence-electron chi connectivity index (χ1n) is 8.94. The SMILES string of the molecule is CC(c1ccccc1)(c1ccc(O)c(C(=O)NO)c1)c1ccc(O)c(C(=O)NO)c1. The average Bonchev–Trinajstić information content (AvgIpc) is 2.78. The standard InChI is InChI=1S/C22H20N2O6/c1-22(13-5-3-2-4-6-13,14-7-9-18(25)16(11-14)20(27)23-29)15-8-10-19(26)17(12-15)21(28)24-30/h2-12,25-26,29-30H,1H3,(H,23,27)(H,24,28). The van der Waals surface area contributed by atoms with E-state index < -0.39 is 17.2 Å². The van der Waals surface area contributed by atoms with E-state index in [1.54, 1.807) is 12.1 Å². The molecule has 2 amide bonds. The van der Waals surface area contributed by atoms with Gasteiger partial charge in [0.15, 0.2) is 0 Å². The summed E-state index contributed by atoms with van der Waals surface area (Å²) in [4.78, 5) is 24.0. The van der Waals surface area contributed by atoms with E-state index >= 15 is 0 Å². The number of phenols is 2. The Hall–Kier alpha value is -3.88. The van der Waals surface area contributed by atoms with E-state index in [1.165, 1.54) is 35.2 Å². The lowest BCUT2D eigenvalue weighted by Crippen LogP contribution is -2.27. The summed E-state index contributed by atoms with van der Waals surface area (Å²) in [6, 6.07) is 18.0. The zero-order valence-corrected chi connectivity index (χ0v) is 16.0. The topological polar surface area (TPSA) is 139 Å². The van der Waals surface area contributed by atoms with Gasteiger partial charge in [-0.3, -0.25) is 20.0 Å². The van der Waals surface area contributed by atoms with E-state index in [4.69, 9.17) is 10.4 Å². The molecule has 3 rings (SSSR count). The van der Waals surface area contributed by atoms with Crippen molar-refractivity contribution in [3.8, 4) is 11.5 Å². The van der Waals surface area contributed by atoms with Crippen LogP contribution in [0.4, 0.5) is 0 Å². The Kier molecular flexibility index (Phi) is 5.72. The largest absolute Gasteiger partial charge is 0.507 e. The highest BCUT2D eigenvalue weighted by Gasteiger charge is 2.33. The number of nitrogens with one attached hydrogen (secondary N) is 2. The van der Waals surface area contributed by atoms with Crippen LogP contribution in [-0.4, -0.2) is 32.4 Å². The Labute approximate surface area is 172 Å². The van der Waals surface area contributed by atoms with Crippen molar-refractivity contribution in [2.75, 3.05) is 0 Å². The summed E-state index contributed by atoms with van der Waals surface area (Å²) >= 11 is 0. The first kappa shape index (κ1) is 20.8. The lowest BCUT2D eigenvalue weighted by Gasteiger charge is -2.32. The lowest BCUT2D eigenvalue weighted by atomic mass is 9.70. The molecule has 3 aromatic rings. The lowest BCUT2D eigenvalue weighted by molar-refractivity contribution is 0.0699. The predicted octanol–water partition coefficient (Wildman–Crippen LogP) is 2.69. The van der Waals surface area contributed by atoms with Crippen LogP contribution in [0.5, 0.6) is 11.5 Å². The molecular formula is C22H20N2O6. The van der Waals surface area contributed by atoms with Crippen molar-refractivity contribution in [3.63, 3.8) is 0 Å². The summed E-state index contributed by atoms with van der Waals surface area (Å²) in [5.41, 5.74) is 3.76. The molecule has 0 heterocycles. The van der Waals surface area contributed by atoms with Gasteiger partial charge in [0.2, 0.25) is 0 Å². The molecule has 6 N–H and O–H groups in total. The number of rotatable bonds is 5. The fourth-order valence-electron chi connectivity index (χ4n) is 3.45. The molecule has 0 saturated heterocycles. The predicted molar refractivity (Wildman–Crippen MR) is 107 cm³/mol. The van der Waals surface area contributed by atoms with Crippen molar-refractivity contribution in [1.82, 2.24) is 11.0 Å². The van der Waals surface area contributed by atoms with Gasteiger partial charge in [-0.1, -0.05) is 42.5 Å². The van der Waals surface area contributed by atoms with Crippen molar-refractivity contribution in [3.05, 3.63) is 94.5 Å². The highest BCUT2D eigenvalue weighted by Crippen LogP contribution is 2.41. The first-order valence-corrected chi connectivity index (χ1v) is 8.94. The molecule has 0 radical (unpaired) electrons. The van der Waals surface area contributed by atoms with Crippen molar-refractivity contribution >= 4 is 11.8 Å². The van der Waals surface area contributed by atoms with Gasteiger partial charge in [0, 0.05) is 5.41 Å². The Bertz CT molecular complexity index is 1030. The molecule has 0 unspecified atom stereocenters. The van der Waals surface area contributed by atoms with Crippen LogP contribution in [0.3, 0.4) is 0 Å². The Morgan fingerprint density at radius 2 is 1.13 bits per heavy atom. The molecule has 154 valence electrons. The van der Waals surface area contributed by atoms with E-state index in [0.717, 1.165) is 5.56 Å². The van der Waals surface area contributed by atoms with E-state index in [0.29, 0.717) is 11.1 Å². The van der Waals surface area contributed by atoms with Crippen molar-refractivity contribution in [1.29, 1.82) is 0 Å². The zero-order valence-electron chi connectivity index (χ0n) is 16.0. The minimum absolute atomic E-state index is 0.135. The van der Waals surface area contributed by atoms with E-state index in [-0.39, 0.29) is 22.6 Å². The molecule has 8 nitrogen and oxygen atoms in total. The molecule has 0 aliphatic rings. The van der Waals surface area contributed by atoms with Crippen LogP contribution in [0.25, 0.3) is 0 Å². The normalized spacial score (nSPS) is 11.0. The second-order valence-electron chi connectivity index (χ2n) is 6.84. The van der Waals surface area contributed by atoms with Crippen molar-refractivity contribution < 1.29 is 30.2 Å². The van der Waals surface area contributed by atoms with Gasteiger partial charge in [-0.15, -0.1) is 0 Å². The van der Waals surface area contributed by atoms with E-state index in [1.807, 2.05) is 37.3 Å². The van der Waals surface area contributed by atoms with Crippen LogP contribution in [0.2, 0.25) is 0 Å². The minimum atomic E-state index is -0.933. The maximum atomic E-state index is 12.0. The van der Waals surface area contributed by atoms with E-state index in [9.17, 15) is 19.8 Å². The van der Waals surface area contributed by atoms with Crippen LogP contribution in [0, 0.1) is 0 Å². The summed E-state index contributed by atoms with van der Waals surface area (Å²) in [7, 11) is 0. The number of carbonyl (C=O) groups excluding carboxylic acids is 2. The molecule has 0 bridgehead atoms. The van der Waals surface area contributed by atoms with E-state index in [2.05, 4.69) is 0 Å². The van der Waals surface area contributed by atoms with Crippen LogP contribution in [0.15, 0.2) is 66.7 Å². The fraction of sp³-hybridized carbons (Fsp3) is 0.0909. The number of carbonyl (C=O) groups is 2. The molecule has 3 aromatic carbocycles. The Morgan fingerprint density at radius 3 is 1.53 bits per heavy atom. The number of hydrogen-bond acceptors (Lipinski definition) is 6. The Morgan fingerprint density at radius 1 is 0.700 bits per heavy atom. The molecule has 0 aliphatic carbocycles. The first-order chi connectivity index (χ1) is 14.3. The average molecular weight is 408 g/mol. The minimum Gasteiger partial charge on any atom is -0.507 e. The van der Waals surface area contributed by atoms with Crippen LogP contribution in [0.1, 0.15) is 44.3 Å². The number of benzene rings is 3. The maximum absolute atomic E-state index is 12.0. The molecule has 0 spiro atoms. The van der Waals surface area contributed by atoms with Crippen LogP contribution < -0.4 is 11.0 Å². The zero-order chi connectivity index (χ0) is 21.9. The smallest absolute Gasteiger partial charge is 0.278 e. The quantitative estimate of drug-likeness (QED) is 0.218. The molecular weight excluding hydrogens is 388 g/mol. The van der Waals surface area contributed by atoms with Gasteiger partial charge in [-0.05, 0) is 47.9 Å². The molecule has 0 fully saturated rings. The number of phenolic OH excluding ortho intramolecular Hbond substituents is 2. The number of aromatic hydroxyl groups is 2. The van der Waals surface area contributed by atoms with Gasteiger partial charge < -0.3 is 10.2 Å². The summed E-state index contributed by atoms with van der Waals surface area (Å²) in [5, 5.41) is 38.1. The second-order valence-corrected chi connectivity index (χ2v) is 6.84. The van der Waals surface area contributed by atoms with Crippen LogP contribution in [-0.2, 0) is 5.41 Å². The third-order valence-electron chi connectivity index (χ3n) is 5.19. The molecule has 0 saturated carbocycles. The highest BCUT2D eigenvalue weighted by atomic mass is 16.5. The second kappa shape index (κ2) is 8.24. The third kappa shape index (κ3) is 3.57. The van der Waals surface area contributed by atoms with Gasteiger partial charge in [0.05, 0.1) is 11.1 Å². The monoisotopic (exact) mass is 408 g/mol. The fourth-order valence-corrected chi connectivity index (χ4v) is 3.45. The number of hydroxylamine groups is 2. The number of amides is 2. The molecule has 8 heteroatoms. The molecule has 0 atom stereocenters. The molecule has 30 heavy (non-hydrogen) atoms. The number of hydrogen-bond donors (Lipinski definition) is 6. The van der Waals surface area contributed by atoms with Crippen LogP contribution >= 0.6 is 0 Å². The maximum Gasteiger partial charge on any atom is 0.278 e. The van der Waals surface area contributed by atoms with Gasteiger partial charge >= 0.3 is 0 Å². The summed E-state index contributed by atoms with van der Waals surface area (Å²) in [5.74, 6) is -2.38.